The minimum atomic E-state index is 0.0770. The summed E-state index contributed by atoms with van der Waals surface area (Å²) in [5.74, 6) is 0.478. The average molecular weight is 260 g/mol. The maximum atomic E-state index is 12.6. The largest absolute Gasteiger partial charge is 0.384 e. The fourth-order valence-corrected chi connectivity index (χ4v) is 3.22. The third-order valence-corrected chi connectivity index (χ3v) is 4.23. The Labute approximate surface area is 113 Å². The van der Waals surface area contributed by atoms with Crippen molar-refractivity contribution >= 4 is 11.7 Å². The zero-order valence-corrected chi connectivity index (χ0v) is 11.2. The van der Waals surface area contributed by atoms with Gasteiger partial charge in [0.15, 0.2) is 0 Å². The van der Waals surface area contributed by atoms with E-state index in [9.17, 15) is 4.79 Å². The van der Waals surface area contributed by atoms with Crippen molar-refractivity contribution in [3.63, 3.8) is 0 Å². The molecule has 19 heavy (non-hydrogen) atoms. The molecule has 2 saturated heterocycles. The predicted molar refractivity (Wildman–Crippen MR) is 73.7 cm³/mol. The summed E-state index contributed by atoms with van der Waals surface area (Å²) in [4.78, 5) is 21.0. The molecule has 3 heterocycles. The van der Waals surface area contributed by atoms with E-state index in [-0.39, 0.29) is 11.9 Å². The summed E-state index contributed by atoms with van der Waals surface area (Å²) < 4.78 is 0. The summed E-state index contributed by atoms with van der Waals surface area (Å²) in [6.45, 7) is 5.12. The third-order valence-electron chi connectivity index (χ3n) is 4.23. The van der Waals surface area contributed by atoms with Crippen LogP contribution in [0.2, 0.25) is 0 Å². The number of hydrogen-bond acceptors (Lipinski definition) is 4. The highest BCUT2D eigenvalue weighted by Gasteiger charge is 2.36. The zero-order chi connectivity index (χ0) is 13.4. The first-order chi connectivity index (χ1) is 9.15. The van der Waals surface area contributed by atoms with Crippen LogP contribution in [0.1, 0.15) is 30.1 Å². The molecular formula is C14H20N4O. The van der Waals surface area contributed by atoms with E-state index in [2.05, 4.69) is 16.8 Å². The second-order valence-corrected chi connectivity index (χ2v) is 5.57. The van der Waals surface area contributed by atoms with Crippen LogP contribution in [0, 0.1) is 0 Å². The number of pyridine rings is 1. The van der Waals surface area contributed by atoms with Crippen LogP contribution in [-0.4, -0.2) is 52.4 Å². The number of nitrogens with two attached hydrogens (primary N) is 1. The van der Waals surface area contributed by atoms with Crippen LogP contribution in [0.3, 0.4) is 0 Å². The summed E-state index contributed by atoms with van der Waals surface area (Å²) in [6.07, 6.45) is 4.05. The van der Waals surface area contributed by atoms with Gasteiger partial charge in [-0.05, 0) is 38.4 Å². The highest BCUT2D eigenvalue weighted by atomic mass is 16.2. The number of hydrogen-bond donors (Lipinski definition) is 1. The number of anilines is 1. The second kappa shape index (κ2) is 4.81. The van der Waals surface area contributed by atoms with Gasteiger partial charge in [-0.2, -0.15) is 0 Å². The van der Waals surface area contributed by atoms with Gasteiger partial charge in [-0.15, -0.1) is 0 Å². The number of aromatic nitrogens is 1. The first-order valence-electron chi connectivity index (χ1n) is 6.91. The summed E-state index contributed by atoms with van der Waals surface area (Å²) in [6, 6.07) is 4.21. The van der Waals surface area contributed by atoms with Gasteiger partial charge in [0.25, 0.3) is 5.91 Å². The molecule has 0 spiro atoms. The van der Waals surface area contributed by atoms with Crippen molar-refractivity contribution in [1.29, 1.82) is 0 Å². The Bertz CT molecular complexity index is 490. The molecular weight excluding hydrogens is 240 g/mol. The second-order valence-electron chi connectivity index (χ2n) is 5.57. The lowest BCUT2D eigenvalue weighted by Gasteiger charge is -2.42. The third kappa shape index (κ3) is 2.30. The molecule has 2 aliphatic rings. The quantitative estimate of drug-likeness (QED) is 0.817. The SMILES string of the molecule is CC1CN2CCCC2CN1C(=O)c1ccnc(N)c1. The number of amides is 1. The highest BCUT2D eigenvalue weighted by molar-refractivity contribution is 5.95. The maximum absolute atomic E-state index is 12.6. The van der Waals surface area contributed by atoms with Gasteiger partial charge in [0.05, 0.1) is 0 Å². The number of carbonyl (C=O) groups is 1. The van der Waals surface area contributed by atoms with E-state index in [0.29, 0.717) is 17.4 Å². The van der Waals surface area contributed by atoms with Crippen molar-refractivity contribution in [2.24, 2.45) is 0 Å². The smallest absolute Gasteiger partial charge is 0.254 e. The van der Waals surface area contributed by atoms with Gasteiger partial charge in [0.1, 0.15) is 5.82 Å². The van der Waals surface area contributed by atoms with E-state index in [4.69, 9.17) is 5.73 Å². The Kier molecular flexibility index (Phi) is 3.14. The van der Waals surface area contributed by atoms with Crippen molar-refractivity contribution in [3.05, 3.63) is 23.9 Å². The van der Waals surface area contributed by atoms with E-state index in [1.807, 2.05) is 4.90 Å². The van der Waals surface area contributed by atoms with E-state index >= 15 is 0 Å². The van der Waals surface area contributed by atoms with Gasteiger partial charge >= 0.3 is 0 Å². The van der Waals surface area contributed by atoms with Crippen LogP contribution in [0.25, 0.3) is 0 Å². The van der Waals surface area contributed by atoms with E-state index in [0.717, 1.165) is 13.1 Å². The van der Waals surface area contributed by atoms with E-state index < -0.39 is 0 Å². The minimum absolute atomic E-state index is 0.0770. The monoisotopic (exact) mass is 260 g/mol. The van der Waals surface area contributed by atoms with Crippen molar-refractivity contribution < 1.29 is 4.79 Å². The number of piperazine rings is 1. The first-order valence-corrected chi connectivity index (χ1v) is 6.91. The molecule has 2 N–H and O–H groups in total. The molecule has 2 fully saturated rings. The van der Waals surface area contributed by atoms with Gasteiger partial charge in [-0.3, -0.25) is 9.69 Å². The molecule has 0 saturated carbocycles. The molecule has 2 atom stereocenters. The van der Waals surface area contributed by atoms with Crippen LogP contribution < -0.4 is 5.73 Å². The van der Waals surface area contributed by atoms with Gasteiger partial charge in [-0.1, -0.05) is 0 Å². The standard InChI is InChI=1S/C14H20N4O/c1-10-8-17-6-2-3-12(17)9-18(10)14(19)11-4-5-16-13(15)7-11/h4-5,7,10,12H,2-3,6,8-9H2,1H3,(H2,15,16). The lowest BCUT2D eigenvalue weighted by molar-refractivity contribution is 0.0395. The van der Waals surface area contributed by atoms with Gasteiger partial charge in [0.2, 0.25) is 0 Å². The van der Waals surface area contributed by atoms with Crippen molar-refractivity contribution in [1.82, 2.24) is 14.8 Å². The van der Waals surface area contributed by atoms with Crippen molar-refractivity contribution in [2.45, 2.75) is 31.8 Å². The van der Waals surface area contributed by atoms with Crippen molar-refractivity contribution in [3.8, 4) is 0 Å². The number of rotatable bonds is 1. The Balaban J connectivity index is 1.79. The summed E-state index contributed by atoms with van der Waals surface area (Å²) in [5, 5.41) is 0. The molecule has 2 unspecified atom stereocenters. The number of nitrogens with zero attached hydrogens (tertiary/aromatic N) is 3. The van der Waals surface area contributed by atoms with Crippen LogP contribution in [-0.2, 0) is 0 Å². The lowest BCUT2D eigenvalue weighted by Crippen LogP contribution is -2.56. The number of nitrogen functional groups attached to an aromatic ring is 1. The summed E-state index contributed by atoms with van der Waals surface area (Å²) >= 11 is 0. The van der Waals surface area contributed by atoms with E-state index in [1.165, 1.54) is 19.4 Å². The number of carbonyl (C=O) groups excluding carboxylic acids is 1. The van der Waals surface area contributed by atoms with Gasteiger partial charge < -0.3 is 10.6 Å². The molecule has 3 rings (SSSR count). The Hall–Kier alpha value is -1.62. The van der Waals surface area contributed by atoms with Crippen molar-refractivity contribution in [2.75, 3.05) is 25.4 Å². The van der Waals surface area contributed by atoms with Gasteiger partial charge in [0, 0.05) is 36.9 Å². The molecule has 0 bridgehead atoms. The molecule has 2 aliphatic heterocycles. The number of fused-ring (bicyclic) bond motifs is 1. The fraction of sp³-hybridized carbons (Fsp3) is 0.571. The molecule has 5 nitrogen and oxygen atoms in total. The van der Waals surface area contributed by atoms with Crippen LogP contribution in [0.4, 0.5) is 5.82 Å². The Morgan fingerprint density at radius 3 is 3.11 bits per heavy atom. The van der Waals surface area contributed by atoms with Crippen LogP contribution >= 0.6 is 0 Å². The molecule has 0 radical (unpaired) electrons. The minimum Gasteiger partial charge on any atom is -0.384 e. The maximum Gasteiger partial charge on any atom is 0.254 e. The van der Waals surface area contributed by atoms with Gasteiger partial charge in [-0.25, -0.2) is 4.98 Å². The highest BCUT2D eigenvalue weighted by Crippen LogP contribution is 2.25. The fourth-order valence-electron chi connectivity index (χ4n) is 3.22. The molecule has 5 heteroatoms. The molecule has 0 aromatic carbocycles. The average Bonchev–Trinajstić information content (AvgIpc) is 2.84. The normalized spacial score (nSPS) is 27.3. The topological polar surface area (TPSA) is 62.5 Å². The predicted octanol–water partition coefficient (Wildman–Crippen LogP) is 0.972. The molecule has 1 amide bonds. The molecule has 1 aromatic heterocycles. The Morgan fingerprint density at radius 2 is 2.32 bits per heavy atom. The Morgan fingerprint density at radius 1 is 1.47 bits per heavy atom. The summed E-state index contributed by atoms with van der Waals surface area (Å²) in [7, 11) is 0. The molecule has 0 aliphatic carbocycles. The zero-order valence-electron chi connectivity index (χ0n) is 11.2. The van der Waals surface area contributed by atoms with E-state index in [1.54, 1.807) is 18.3 Å². The lowest BCUT2D eigenvalue weighted by atomic mass is 10.1. The first kappa shape index (κ1) is 12.4. The van der Waals surface area contributed by atoms with Crippen LogP contribution in [0.5, 0.6) is 0 Å². The summed E-state index contributed by atoms with van der Waals surface area (Å²) in [5.41, 5.74) is 6.30. The van der Waals surface area contributed by atoms with Crippen LogP contribution in [0.15, 0.2) is 18.3 Å². The molecule has 1 aromatic rings. The molecule has 102 valence electrons.